The van der Waals surface area contributed by atoms with Gasteiger partial charge in [0.2, 0.25) is 0 Å². The van der Waals surface area contributed by atoms with Crippen molar-refractivity contribution in [2.24, 2.45) is 0 Å². The number of carboxylic acids is 1. The van der Waals surface area contributed by atoms with E-state index in [1.807, 2.05) is 0 Å². The molecule has 0 aromatic carbocycles. The van der Waals surface area contributed by atoms with Crippen molar-refractivity contribution in [3.63, 3.8) is 0 Å². The minimum atomic E-state index is -0.915. The first kappa shape index (κ1) is 10.9. The number of aromatic nitrogens is 2. The molecule has 2 aromatic heterocycles. The number of ether oxygens (including phenoxy) is 1. The Morgan fingerprint density at radius 2 is 2.44 bits per heavy atom. The second-order valence-corrected chi connectivity index (χ2v) is 3.94. The van der Waals surface area contributed by atoms with Crippen LogP contribution in [0.2, 0.25) is 0 Å². The molecule has 0 aliphatic rings. The number of pyridine rings is 1. The highest BCUT2D eigenvalue weighted by Crippen LogP contribution is 2.27. The molecule has 0 unspecified atom stereocenters. The molecule has 2 rings (SSSR count). The van der Waals surface area contributed by atoms with Gasteiger partial charge in [0.25, 0.3) is 0 Å². The normalized spacial score (nSPS) is 10.6. The van der Waals surface area contributed by atoms with E-state index in [2.05, 4.69) is 20.9 Å². The van der Waals surface area contributed by atoms with Crippen LogP contribution in [0.5, 0.6) is 5.75 Å². The Hall–Kier alpha value is -1.56. The quantitative estimate of drug-likeness (QED) is 0.932. The Kier molecular flexibility index (Phi) is 2.82. The van der Waals surface area contributed by atoms with Gasteiger partial charge in [-0.15, -0.1) is 0 Å². The first-order valence-corrected chi connectivity index (χ1v) is 5.34. The molecule has 2 aromatic rings. The van der Waals surface area contributed by atoms with Crippen LogP contribution < -0.4 is 4.74 Å². The number of nitrogens with zero attached hydrogens (tertiary/aromatic N) is 2. The van der Waals surface area contributed by atoms with Crippen LogP contribution in [0.15, 0.2) is 22.9 Å². The number of fused-ring (bicyclic) bond motifs is 1. The van der Waals surface area contributed by atoms with E-state index in [1.165, 1.54) is 0 Å². The summed E-state index contributed by atoms with van der Waals surface area (Å²) >= 11 is 3.29. The Balaban J connectivity index is 2.66. The standard InChI is InChI=1S/C10H9BrN2O3/c1-16-6-3-2-4-13-7(5-8(14)15)12-10(11)9(6)13/h2-4H,5H2,1H3,(H,14,15). The number of rotatable bonds is 3. The van der Waals surface area contributed by atoms with E-state index < -0.39 is 5.97 Å². The molecular formula is C10H9BrN2O3. The smallest absolute Gasteiger partial charge is 0.311 e. The van der Waals surface area contributed by atoms with Crippen molar-refractivity contribution in [1.29, 1.82) is 0 Å². The van der Waals surface area contributed by atoms with Crippen molar-refractivity contribution in [1.82, 2.24) is 9.38 Å². The summed E-state index contributed by atoms with van der Waals surface area (Å²) in [5.74, 6) is 0.203. The lowest BCUT2D eigenvalue weighted by Gasteiger charge is -2.03. The molecule has 84 valence electrons. The van der Waals surface area contributed by atoms with E-state index in [0.29, 0.717) is 16.2 Å². The van der Waals surface area contributed by atoms with Gasteiger partial charge in [0, 0.05) is 6.20 Å². The van der Waals surface area contributed by atoms with E-state index in [9.17, 15) is 4.79 Å². The summed E-state index contributed by atoms with van der Waals surface area (Å²) < 4.78 is 7.48. The van der Waals surface area contributed by atoms with Crippen LogP contribution in [0.1, 0.15) is 5.82 Å². The summed E-state index contributed by atoms with van der Waals surface area (Å²) in [6.07, 6.45) is 1.63. The Labute approximate surface area is 99.8 Å². The van der Waals surface area contributed by atoms with Gasteiger partial charge in [0.05, 0.1) is 7.11 Å². The largest absolute Gasteiger partial charge is 0.494 e. The first-order chi connectivity index (χ1) is 7.63. The van der Waals surface area contributed by atoms with Crippen LogP contribution in [0, 0.1) is 0 Å². The van der Waals surface area contributed by atoms with Gasteiger partial charge in [0.1, 0.15) is 28.1 Å². The second-order valence-electron chi connectivity index (χ2n) is 3.18. The molecule has 0 bridgehead atoms. The van der Waals surface area contributed by atoms with Gasteiger partial charge < -0.3 is 9.84 Å². The minimum Gasteiger partial charge on any atom is -0.494 e. The molecule has 16 heavy (non-hydrogen) atoms. The van der Waals surface area contributed by atoms with Gasteiger partial charge in [-0.3, -0.25) is 9.20 Å². The summed E-state index contributed by atoms with van der Waals surface area (Å²) in [5.41, 5.74) is 0.737. The average Bonchev–Trinajstić information content (AvgIpc) is 2.55. The SMILES string of the molecule is COc1cccn2c(CC(=O)O)nc(Br)c12. The third kappa shape index (κ3) is 1.76. The summed E-state index contributed by atoms with van der Waals surface area (Å²) in [4.78, 5) is 14.8. The predicted molar refractivity (Wildman–Crippen MR) is 60.8 cm³/mol. The second kappa shape index (κ2) is 4.13. The number of carboxylic acid groups (broad SMARTS) is 1. The highest BCUT2D eigenvalue weighted by Gasteiger charge is 2.14. The Morgan fingerprint density at radius 3 is 3.06 bits per heavy atom. The topological polar surface area (TPSA) is 63.8 Å². The van der Waals surface area contributed by atoms with Gasteiger partial charge in [-0.2, -0.15) is 0 Å². The van der Waals surface area contributed by atoms with Crippen molar-refractivity contribution in [2.45, 2.75) is 6.42 Å². The maximum absolute atomic E-state index is 10.7. The van der Waals surface area contributed by atoms with Crippen LogP contribution >= 0.6 is 15.9 Å². The lowest BCUT2D eigenvalue weighted by molar-refractivity contribution is -0.136. The van der Waals surface area contributed by atoms with Crippen LogP contribution in [-0.4, -0.2) is 27.6 Å². The minimum absolute atomic E-state index is 0.125. The number of carbonyl (C=O) groups is 1. The highest BCUT2D eigenvalue weighted by atomic mass is 79.9. The summed E-state index contributed by atoms with van der Waals surface area (Å²) in [7, 11) is 1.56. The third-order valence-electron chi connectivity index (χ3n) is 2.19. The average molecular weight is 285 g/mol. The van der Waals surface area contributed by atoms with Crippen LogP contribution in [0.4, 0.5) is 0 Å². The van der Waals surface area contributed by atoms with E-state index >= 15 is 0 Å². The zero-order valence-electron chi connectivity index (χ0n) is 8.48. The monoisotopic (exact) mass is 284 g/mol. The molecule has 0 aliphatic heterocycles. The van der Waals surface area contributed by atoms with Gasteiger partial charge in [0.15, 0.2) is 0 Å². The molecular weight excluding hydrogens is 276 g/mol. The molecule has 6 heteroatoms. The van der Waals surface area contributed by atoms with Gasteiger partial charge >= 0.3 is 5.97 Å². The number of methoxy groups -OCH3 is 1. The van der Waals surface area contributed by atoms with Crippen molar-refractivity contribution in [2.75, 3.05) is 7.11 Å². The van der Waals surface area contributed by atoms with Crippen molar-refractivity contribution >= 4 is 27.4 Å². The molecule has 0 amide bonds. The van der Waals surface area contributed by atoms with Crippen molar-refractivity contribution in [3.05, 3.63) is 28.8 Å². The van der Waals surface area contributed by atoms with E-state index in [-0.39, 0.29) is 6.42 Å². The number of imidazole rings is 1. The van der Waals surface area contributed by atoms with Crippen molar-refractivity contribution < 1.29 is 14.6 Å². The molecule has 0 aliphatic carbocycles. The fourth-order valence-electron chi connectivity index (χ4n) is 1.55. The summed E-state index contributed by atoms with van der Waals surface area (Å²) in [6.45, 7) is 0. The third-order valence-corrected chi connectivity index (χ3v) is 2.74. The molecule has 0 saturated carbocycles. The Morgan fingerprint density at radius 1 is 1.69 bits per heavy atom. The first-order valence-electron chi connectivity index (χ1n) is 4.54. The predicted octanol–water partition coefficient (Wildman–Crippen LogP) is 1.73. The molecule has 2 heterocycles. The van der Waals surface area contributed by atoms with Gasteiger partial charge in [-0.05, 0) is 28.1 Å². The fraction of sp³-hybridized carbons (Fsp3) is 0.200. The molecule has 0 atom stereocenters. The molecule has 1 N–H and O–H groups in total. The number of aliphatic carboxylic acids is 1. The number of hydrogen-bond acceptors (Lipinski definition) is 3. The van der Waals surface area contributed by atoms with E-state index in [1.54, 1.807) is 29.8 Å². The van der Waals surface area contributed by atoms with Crippen LogP contribution in [-0.2, 0) is 11.2 Å². The molecule has 0 spiro atoms. The summed E-state index contributed by atoms with van der Waals surface area (Å²) in [6, 6.07) is 3.58. The van der Waals surface area contributed by atoms with Crippen LogP contribution in [0.3, 0.4) is 0 Å². The van der Waals surface area contributed by atoms with Gasteiger partial charge in [-0.25, -0.2) is 4.98 Å². The maximum Gasteiger partial charge on any atom is 0.311 e. The van der Waals surface area contributed by atoms with Gasteiger partial charge in [-0.1, -0.05) is 0 Å². The zero-order valence-corrected chi connectivity index (χ0v) is 10.1. The lowest BCUT2D eigenvalue weighted by Crippen LogP contribution is -2.04. The molecule has 0 radical (unpaired) electrons. The fourth-order valence-corrected chi connectivity index (χ4v) is 2.14. The number of hydrogen-bond donors (Lipinski definition) is 1. The number of halogens is 1. The lowest BCUT2D eigenvalue weighted by atomic mass is 10.3. The van der Waals surface area contributed by atoms with Crippen LogP contribution in [0.25, 0.3) is 5.52 Å². The zero-order chi connectivity index (χ0) is 11.7. The molecule has 0 saturated heterocycles. The molecule has 5 nitrogen and oxygen atoms in total. The molecule has 0 fully saturated rings. The van der Waals surface area contributed by atoms with E-state index in [0.717, 1.165) is 5.52 Å². The van der Waals surface area contributed by atoms with E-state index in [4.69, 9.17) is 9.84 Å². The van der Waals surface area contributed by atoms with Crippen molar-refractivity contribution in [3.8, 4) is 5.75 Å². The maximum atomic E-state index is 10.7. The Bertz CT molecular complexity index is 550. The summed E-state index contributed by atoms with van der Waals surface area (Å²) in [5, 5.41) is 8.76. The highest BCUT2D eigenvalue weighted by molar-refractivity contribution is 9.10.